The minimum absolute atomic E-state index is 0.0462. The first-order chi connectivity index (χ1) is 12.4. The van der Waals surface area contributed by atoms with Crippen molar-refractivity contribution in [2.45, 2.75) is 24.4 Å². The van der Waals surface area contributed by atoms with Gasteiger partial charge in [0.05, 0.1) is 26.4 Å². The van der Waals surface area contributed by atoms with Crippen LogP contribution in [0.5, 0.6) is 0 Å². The Hall–Kier alpha value is -1.38. The summed E-state index contributed by atoms with van der Waals surface area (Å²) in [6, 6.07) is 0. The number of nitrogens with two attached hydrogens (primary N) is 2. The normalized spacial score (nSPS) is 15.8. The van der Waals surface area contributed by atoms with Crippen molar-refractivity contribution in [2.24, 2.45) is 11.5 Å². The van der Waals surface area contributed by atoms with Gasteiger partial charge in [-0.3, -0.25) is 9.59 Å². The summed E-state index contributed by atoms with van der Waals surface area (Å²) in [6.45, 7) is 1.63. The summed E-state index contributed by atoms with van der Waals surface area (Å²) < 4.78 is 10.0. The molecule has 0 radical (unpaired) electrons. The van der Waals surface area contributed by atoms with Crippen LogP contribution in [0.3, 0.4) is 0 Å². The monoisotopic (exact) mass is 382 g/mol. The minimum Gasteiger partial charge on any atom is -0.387 e. The molecule has 12 nitrogen and oxygen atoms in total. The van der Waals surface area contributed by atoms with Crippen molar-refractivity contribution in [3.63, 3.8) is 0 Å². The van der Waals surface area contributed by atoms with E-state index in [0.717, 1.165) is 0 Å². The van der Waals surface area contributed by atoms with Gasteiger partial charge in [-0.15, -0.1) is 0 Å². The molecule has 0 spiro atoms. The lowest BCUT2D eigenvalue weighted by atomic mass is 10.0. The van der Waals surface area contributed by atoms with Crippen LogP contribution in [0.1, 0.15) is 0 Å². The Morgan fingerprint density at radius 1 is 0.731 bits per heavy atom. The molecule has 154 valence electrons. The maximum Gasteiger partial charge on any atom is 0.251 e. The molecule has 0 aromatic heterocycles. The third-order valence-corrected chi connectivity index (χ3v) is 3.15. The average Bonchev–Trinajstić information content (AvgIpc) is 2.64. The number of hydrogen-bond acceptors (Lipinski definition) is 10. The maximum absolute atomic E-state index is 11.7. The molecular formula is C14H30N4O8. The summed E-state index contributed by atoms with van der Waals surface area (Å²) >= 11 is 0. The number of ether oxygens (including phenoxy) is 2. The fourth-order valence-electron chi connectivity index (χ4n) is 1.76. The number of aliphatic hydroxyl groups excluding tert-OH is 4. The summed E-state index contributed by atoms with van der Waals surface area (Å²) in [5, 5.41) is 43.5. The minimum atomic E-state index is -2.07. The van der Waals surface area contributed by atoms with Gasteiger partial charge in [0.2, 0.25) is 0 Å². The zero-order chi connectivity index (χ0) is 19.9. The first-order valence-electron chi connectivity index (χ1n) is 8.20. The molecule has 0 saturated carbocycles. The van der Waals surface area contributed by atoms with Gasteiger partial charge in [-0.1, -0.05) is 0 Å². The summed E-state index contributed by atoms with van der Waals surface area (Å²) in [6.07, 6.45) is -8.24. The van der Waals surface area contributed by atoms with Gasteiger partial charge in [0.1, 0.15) is 12.2 Å². The van der Waals surface area contributed by atoms with Crippen molar-refractivity contribution in [3.8, 4) is 0 Å². The van der Waals surface area contributed by atoms with E-state index in [4.69, 9.17) is 20.9 Å². The molecule has 0 rings (SSSR count). The zero-order valence-electron chi connectivity index (χ0n) is 14.5. The Kier molecular flexibility index (Phi) is 14.0. The van der Waals surface area contributed by atoms with Gasteiger partial charge in [-0.05, 0) is 0 Å². The number of aliphatic hydroxyl groups is 4. The van der Waals surface area contributed by atoms with Crippen LogP contribution >= 0.6 is 0 Å². The SMILES string of the molecule is NCCOCCNC(=O)[C@@H](O)[C@H](O)[C@H](O)[C@@H](O)C(=O)NCCOCCN. The second-order valence-corrected chi connectivity index (χ2v) is 5.26. The topological polar surface area (TPSA) is 210 Å². The van der Waals surface area contributed by atoms with Crippen LogP contribution < -0.4 is 22.1 Å². The van der Waals surface area contributed by atoms with E-state index in [9.17, 15) is 30.0 Å². The standard InChI is InChI=1S/C14H30N4O8/c15-1-5-25-7-3-17-13(23)11(21)9(19)10(20)12(22)14(24)18-4-8-26-6-2-16/h9-12,19-22H,1-8,15-16H2,(H,17,23)(H,18,24)/t9-,10+,11+,12-. The number of rotatable bonds is 15. The molecule has 0 saturated heterocycles. The largest absolute Gasteiger partial charge is 0.387 e. The smallest absolute Gasteiger partial charge is 0.251 e. The van der Waals surface area contributed by atoms with Crippen LogP contribution in [-0.4, -0.2) is 109 Å². The number of carbonyl (C=O) groups is 2. The maximum atomic E-state index is 11.7. The van der Waals surface area contributed by atoms with E-state index in [1.54, 1.807) is 0 Å². The molecule has 0 aliphatic carbocycles. The number of hydrogen-bond donors (Lipinski definition) is 8. The molecule has 0 fully saturated rings. The molecular weight excluding hydrogens is 352 g/mol. The third kappa shape index (κ3) is 9.94. The summed E-state index contributed by atoms with van der Waals surface area (Å²) in [5.41, 5.74) is 10.4. The second-order valence-electron chi connectivity index (χ2n) is 5.26. The molecule has 0 aromatic carbocycles. The lowest BCUT2D eigenvalue weighted by molar-refractivity contribution is -0.155. The fraction of sp³-hybridized carbons (Fsp3) is 0.857. The highest BCUT2D eigenvalue weighted by molar-refractivity contribution is 5.83. The fourth-order valence-corrected chi connectivity index (χ4v) is 1.76. The summed E-state index contributed by atoms with van der Waals surface area (Å²) in [7, 11) is 0. The van der Waals surface area contributed by atoms with E-state index < -0.39 is 36.2 Å². The highest BCUT2D eigenvalue weighted by Crippen LogP contribution is 2.06. The van der Waals surface area contributed by atoms with E-state index in [1.165, 1.54) is 0 Å². The van der Waals surface area contributed by atoms with Gasteiger partial charge < -0.3 is 52.0 Å². The molecule has 0 heterocycles. The van der Waals surface area contributed by atoms with Crippen LogP contribution in [0.2, 0.25) is 0 Å². The van der Waals surface area contributed by atoms with E-state index in [1.807, 2.05) is 0 Å². The van der Waals surface area contributed by atoms with Gasteiger partial charge in [0.25, 0.3) is 11.8 Å². The van der Waals surface area contributed by atoms with Gasteiger partial charge in [-0.25, -0.2) is 0 Å². The highest BCUT2D eigenvalue weighted by atomic mass is 16.5. The van der Waals surface area contributed by atoms with E-state index >= 15 is 0 Å². The van der Waals surface area contributed by atoms with Gasteiger partial charge in [0, 0.05) is 26.2 Å². The Labute approximate surface area is 151 Å². The second kappa shape index (κ2) is 14.8. The molecule has 0 aromatic rings. The first kappa shape index (κ1) is 24.6. The van der Waals surface area contributed by atoms with Crippen molar-refractivity contribution in [1.29, 1.82) is 0 Å². The van der Waals surface area contributed by atoms with Gasteiger partial charge in [-0.2, -0.15) is 0 Å². The predicted octanol–water partition coefficient (Wildman–Crippen LogP) is -5.39. The van der Waals surface area contributed by atoms with Crippen LogP contribution in [-0.2, 0) is 19.1 Å². The van der Waals surface area contributed by atoms with Crippen molar-refractivity contribution >= 4 is 11.8 Å². The molecule has 10 N–H and O–H groups in total. The van der Waals surface area contributed by atoms with E-state index in [2.05, 4.69) is 10.6 Å². The van der Waals surface area contributed by atoms with Gasteiger partial charge in [0.15, 0.2) is 12.2 Å². The third-order valence-electron chi connectivity index (χ3n) is 3.15. The molecule has 0 unspecified atom stereocenters. The Balaban J connectivity index is 4.24. The molecule has 12 heteroatoms. The van der Waals surface area contributed by atoms with Crippen molar-refractivity contribution in [2.75, 3.05) is 52.6 Å². The molecule has 0 aliphatic heterocycles. The predicted molar refractivity (Wildman–Crippen MR) is 89.8 cm³/mol. The van der Waals surface area contributed by atoms with Gasteiger partial charge >= 0.3 is 0 Å². The lowest BCUT2D eigenvalue weighted by Crippen LogP contribution is -2.54. The van der Waals surface area contributed by atoms with E-state index in [0.29, 0.717) is 26.3 Å². The number of nitrogens with one attached hydrogen (secondary N) is 2. The quantitative estimate of drug-likeness (QED) is 0.126. The first-order valence-corrected chi connectivity index (χ1v) is 8.20. The molecule has 26 heavy (non-hydrogen) atoms. The van der Waals surface area contributed by atoms with Crippen molar-refractivity contribution in [3.05, 3.63) is 0 Å². The van der Waals surface area contributed by atoms with Crippen molar-refractivity contribution in [1.82, 2.24) is 10.6 Å². The van der Waals surface area contributed by atoms with Crippen LogP contribution in [0.15, 0.2) is 0 Å². The Morgan fingerprint density at radius 3 is 1.38 bits per heavy atom. The van der Waals surface area contributed by atoms with Crippen LogP contribution in [0.4, 0.5) is 0 Å². The van der Waals surface area contributed by atoms with Crippen molar-refractivity contribution < 1.29 is 39.5 Å². The average molecular weight is 382 g/mol. The Bertz CT molecular complexity index is 365. The summed E-state index contributed by atoms with van der Waals surface area (Å²) in [5.74, 6) is -1.98. The van der Waals surface area contributed by atoms with Crippen LogP contribution in [0.25, 0.3) is 0 Å². The van der Waals surface area contributed by atoms with Crippen LogP contribution in [0, 0.1) is 0 Å². The molecule has 4 atom stereocenters. The zero-order valence-corrected chi connectivity index (χ0v) is 14.5. The summed E-state index contributed by atoms with van der Waals surface area (Å²) in [4.78, 5) is 23.3. The Morgan fingerprint density at radius 2 is 1.08 bits per heavy atom. The van der Waals surface area contributed by atoms with E-state index in [-0.39, 0.29) is 26.3 Å². The molecule has 2 amide bonds. The molecule has 0 aliphatic rings. The number of carbonyl (C=O) groups excluding carboxylic acids is 2. The highest BCUT2D eigenvalue weighted by Gasteiger charge is 2.37. The molecule has 0 bridgehead atoms. The lowest BCUT2D eigenvalue weighted by Gasteiger charge is -2.25. The number of amides is 2.